The molecule has 2 aromatic rings. The van der Waals surface area contributed by atoms with E-state index < -0.39 is 12.0 Å². The van der Waals surface area contributed by atoms with Gasteiger partial charge < -0.3 is 15.0 Å². The monoisotopic (exact) mass is 400 g/mol. The van der Waals surface area contributed by atoms with Crippen molar-refractivity contribution in [3.8, 4) is 0 Å². The van der Waals surface area contributed by atoms with Crippen LogP contribution in [0.5, 0.6) is 0 Å². The maximum Gasteiger partial charge on any atom is 0.308 e. The summed E-state index contributed by atoms with van der Waals surface area (Å²) >= 11 is 5.89. The highest BCUT2D eigenvalue weighted by atomic mass is 35.5. The number of ether oxygens (including phenoxy) is 1. The molecule has 0 fully saturated rings. The number of para-hydroxylation sites is 1. The van der Waals surface area contributed by atoms with Crippen molar-refractivity contribution in [2.24, 2.45) is 0 Å². The first-order chi connectivity index (χ1) is 13.4. The molecule has 2 amide bonds. The Morgan fingerprint density at radius 2 is 1.86 bits per heavy atom. The third kappa shape index (κ3) is 4.89. The standard InChI is InChI=1S/C21H21ClN2O4/c1-14(25)23-18(15-6-8-17(22)9-7-15)12-21(27)28-13-20(26)24-11-10-16-4-2-3-5-19(16)24/h2-9,18H,10-13H2,1H3,(H,23,25)/t18-/m0/s1. The summed E-state index contributed by atoms with van der Waals surface area (Å²) in [5.41, 5.74) is 2.70. The van der Waals surface area contributed by atoms with E-state index in [4.69, 9.17) is 16.3 Å². The predicted octanol–water partition coefficient (Wildman–Crippen LogP) is 3.04. The number of amides is 2. The molecule has 0 aromatic heterocycles. The van der Waals surface area contributed by atoms with E-state index in [2.05, 4.69) is 5.32 Å². The van der Waals surface area contributed by atoms with E-state index in [1.165, 1.54) is 6.92 Å². The normalized spacial score (nSPS) is 13.6. The minimum Gasteiger partial charge on any atom is -0.455 e. The molecule has 2 aromatic carbocycles. The summed E-state index contributed by atoms with van der Waals surface area (Å²) in [5, 5.41) is 3.28. The molecule has 0 bridgehead atoms. The van der Waals surface area contributed by atoms with Gasteiger partial charge in [0, 0.05) is 24.2 Å². The van der Waals surface area contributed by atoms with Gasteiger partial charge in [-0.3, -0.25) is 14.4 Å². The Balaban J connectivity index is 1.58. The number of esters is 1. The molecular formula is C21H21ClN2O4. The molecule has 1 aliphatic heterocycles. The Bertz CT molecular complexity index is 882. The molecule has 0 spiro atoms. The number of anilines is 1. The molecule has 3 rings (SSSR count). The molecule has 0 saturated heterocycles. The quantitative estimate of drug-likeness (QED) is 0.756. The van der Waals surface area contributed by atoms with Crippen molar-refractivity contribution < 1.29 is 19.1 Å². The van der Waals surface area contributed by atoms with E-state index in [0.29, 0.717) is 11.6 Å². The van der Waals surface area contributed by atoms with Crippen LogP contribution >= 0.6 is 11.6 Å². The Hall–Kier alpha value is -2.86. The van der Waals surface area contributed by atoms with Gasteiger partial charge in [0.05, 0.1) is 12.5 Å². The summed E-state index contributed by atoms with van der Waals surface area (Å²) in [6, 6.07) is 14.0. The van der Waals surface area contributed by atoms with Crippen molar-refractivity contribution in [3.05, 3.63) is 64.7 Å². The number of carbonyl (C=O) groups excluding carboxylic acids is 3. The largest absolute Gasteiger partial charge is 0.455 e. The molecule has 1 heterocycles. The minimum absolute atomic E-state index is 0.0783. The van der Waals surface area contributed by atoms with Gasteiger partial charge in [0.15, 0.2) is 6.61 Å². The number of carbonyl (C=O) groups is 3. The lowest BCUT2D eigenvalue weighted by atomic mass is 10.0. The van der Waals surface area contributed by atoms with E-state index in [0.717, 1.165) is 23.2 Å². The molecule has 7 heteroatoms. The van der Waals surface area contributed by atoms with Gasteiger partial charge in [-0.25, -0.2) is 0 Å². The number of nitrogens with zero attached hydrogens (tertiary/aromatic N) is 1. The number of fused-ring (bicyclic) bond motifs is 1. The van der Waals surface area contributed by atoms with Crippen molar-refractivity contribution in [1.29, 1.82) is 0 Å². The van der Waals surface area contributed by atoms with Crippen LogP contribution in [0.15, 0.2) is 48.5 Å². The van der Waals surface area contributed by atoms with Crippen LogP contribution in [0.4, 0.5) is 5.69 Å². The summed E-state index contributed by atoms with van der Waals surface area (Å²) in [4.78, 5) is 37.8. The zero-order valence-electron chi connectivity index (χ0n) is 15.5. The maximum atomic E-state index is 12.4. The fourth-order valence-electron chi connectivity index (χ4n) is 3.24. The average Bonchev–Trinajstić information content (AvgIpc) is 3.10. The van der Waals surface area contributed by atoms with Crippen LogP contribution in [0.2, 0.25) is 5.02 Å². The summed E-state index contributed by atoms with van der Waals surface area (Å²) < 4.78 is 5.18. The minimum atomic E-state index is -0.561. The molecule has 0 saturated carbocycles. The number of rotatable bonds is 6. The van der Waals surface area contributed by atoms with E-state index >= 15 is 0 Å². The maximum absolute atomic E-state index is 12.4. The molecule has 1 aliphatic rings. The van der Waals surface area contributed by atoms with E-state index in [1.807, 2.05) is 24.3 Å². The van der Waals surface area contributed by atoms with Crippen molar-refractivity contribution in [1.82, 2.24) is 5.32 Å². The zero-order valence-corrected chi connectivity index (χ0v) is 16.2. The second-order valence-electron chi connectivity index (χ2n) is 6.59. The highest BCUT2D eigenvalue weighted by Gasteiger charge is 2.25. The Kier molecular flexibility index (Phi) is 6.31. The first-order valence-corrected chi connectivity index (χ1v) is 9.38. The molecule has 146 valence electrons. The predicted molar refractivity (Wildman–Crippen MR) is 106 cm³/mol. The van der Waals surface area contributed by atoms with Crippen LogP contribution in [0.25, 0.3) is 0 Å². The zero-order chi connectivity index (χ0) is 20.1. The van der Waals surface area contributed by atoms with Crippen molar-refractivity contribution in [2.75, 3.05) is 18.1 Å². The lowest BCUT2D eigenvalue weighted by Crippen LogP contribution is -2.34. The smallest absolute Gasteiger partial charge is 0.308 e. The fourth-order valence-corrected chi connectivity index (χ4v) is 3.36. The van der Waals surface area contributed by atoms with Gasteiger partial charge in [-0.2, -0.15) is 0 Å². The number of nitrogens with one attached hydrogen (secondary N) is 1. The van der Waals surface area contributed by atoms with Crippen LogP contribution in [0.3, 0.4) is 0 Å². The number of benzene rings is 2. The highest BCUT2D eigenvalue weighted by molar-refractivity contribution is 6.30. The molecule has 0 radical (unpaired) electrons. The van der Waals surface area contributed by atoms with E-state index in [-0.39, 0.29) is 24.8 Å². The fraction of sp³-hybridized carbons (Fsp3) is 0.286. The first-order valence-electron chi connectivity index (χ1n) is 9.00. The first kappa shape index (κ1) is 19.9. The number of halogens is 1. The van der Waals surface area contributed by atoms with Crippen LogP contribution in [-0.4, -0.2) is 30.9 Å². The summed E-state index contributed by atoms with van der Waals surface area (Å²) in [6.07, 6.45) is 0.710. The number of hydrogen-bond acceptors (Lipinski definition) is 4. The third-order valence-corrected chi connectivity index (χ3v) is 4.82. The second kappa shape index (κ2) is 8.89. The van der Waals surface area contributed by atoms with Crippen LogP contribution in [0, 0.1) is 0 Å². The average molecular weight is 401 g/mol. The molecule has 1 N–H and O–H groups in total. The van der Waals surface area contributed by atoms with Crippen molar-refractivity contribution in [3.63, 3.8) is 0 Å². The Morgan fingerprint density at radius 3 is 2.57 bits per heavy atom. The van der Waals surface area contributed by atoms with Gasteiger partial charge >= 0.3 is 5.97 Å². The van der Waals surface area contributed by atoms with Gasteiger partial charge in [-0.15, -0.1) is 0 Å². The lowest BCUT2D eigenvalue weighted by Gasteiger charge is -2.19. The van der Waals surface area contributed by atoms with Gasteiger partial charge in [0.2, 0.25) is 5.91 Å². The molecule has 6 nitrogen and oxygen atoms in total. The molecular weight excluding hydrogens is 380 g/mol. The third-order valence-electron chi connectivity index (χ3n) is 4.57. The van der Waals surface area contributed by atoms with Crippen LogP contribution in [-0.2, 0) is 25.5 Å². The van der Waals surface area contributed by atoms with Crippen LogP contribution < -0.4 is 10.2 Å². The van der Waals surface area contributed by atoms with Gasteiger partial charge in [-0.1, -0.05) is 41.9 Å². The van der Waals surface area contributed by atoms with Crippen molar-refractivity contribution in [2.45, 2.75) is 25.8 Å². The summed E-state index contributed by atoms with van der Waals surface area (Å²) in [7, 11) is 0. The second-order valence-corrected chi connectivity index (χ2v) is 7.03. The van der Waals surface area contributed by atoms with Gasteiger partial charge in [0.1, 0.15) is 0 Å². The van der Waals surface area contributed by atoms with Gasteiger partial charge in [0.25, 0.3) is 5.91 Å². The molecule has 28 heavy (non-hydrogen) atoms. The topological polar surface area (TPSA) is 75.7 Å². The molecule has 0 aliphatic carbocycles. The van der Waals surface area contributed by atoms with E-state index in [1.54, 1.807) is 29.2 Å². The summed E-state index contributed by atoms with van der Waals surface area (Å²) in [5.74, 6) is -1.09. The molecule has 1 atom stereocenters. The van der Waals surface area contributed by atoms with Crippen LogP contribution in [0.1, 0.15) is 30.5 Å². The SMILES string of the molecule is CC(=O)N[C@@H](CC(=O)OCC(=O)N1CCc2ccccc21)c1ccc(Cl)cc1. The van der Waals surface area contributed by atoms with E-state index in [9.17, 15) is 14.4 Å². The highest BCUT2D eigenvalue weighted by Crippen LogP contribution is 2.27. The number of hydrogen-bond donors (Lipinski definition) is 1. The van der Waals surface area contributed by atoms with Crippen molar-refractivity contribution >= 4 is 35.1 Å². The van der Waals surface area contributed by atoms with Gasteiger partial charge in [-0.05, 0) is 35.7 Å². The summed E-state index contributed by atoms with van der Waals surface area (Å²) in [6.45, 7) is 1.62. The Labute approximate surface area is 168 Å². The lowest BCUT2D eigenvalue weighted by molar-refractivity contribution is -0.148. The molecule has 0 unspecified atom stereocenters. The Morgan fingerprint density at radius 1 is 1.14 bits per heavy atom.